The second-order valence-electron chi connectivity index (χ2n) is 4.60. The summed E-state index contributed by atoms with van der Waals surface area (Å²) in [5.41, 5.74) is 0. The Labute approximate surface area is 107 Å². The fourth-order valence-electron chi connectivity index (χ4n) is 1.99. The van der Waals surface area contributed by atoms with Gasteiger partial charge in [-0.1, -0.05) is 19.3 Å². The molecule has 5 heteroatoms. The van der Waals surface area contributed by atoms with E-state index < -0.39 is 11.2 Å². The van der Waals surface area contributed by atoms with E-state index in [9.17, 15) is 9.59 Å². The summed E-state index contributed by atoms with van der Waals surface area (Å²) in [6.07, 6.45) is 5.72. The van der Waals surface area contributed by atoms with E-state index in [0.717, 1.165) is 12.8 Å². The number of rotatable bonds is 5. The van der Waals surface area contributed by atoms with Gasteiger partial charge in [0.25, 0.3) is 0 Å². The molecule has 1 amide bonds. The highest BCUT2D eigenvalue weighted by molar-refractivity contribution is 8.01. The first-order valence-electron chi connectivity index (χ1n) is 6.19. The van der Waals surface area contributed by atoms with Crippen molar-refractivity contribution in [2.75, 3.05) is 0 Å². The Morgan fingerprint density at radius 1 is 1.18 bits per heavy atom. The van der Waals surface area contributed by atoms with Crippen LogP contribution in [0.1, 0.15) is 46.0 Å². The maximum absolute atomic E-state index is 11.8. The molecule has 1 rings (SSSR count). The molecule has 98 valence electrons. The van der Waals surface area contributed by atoms with Gasteiger partial charge in [-0.3, -0.25) is 9.59 Å². The SMILES string of the molecule is CC(SC(C)C(=O)NC1CCCCC1)C(=O)O. The lowest BCUT2D eigenvalue weighted by Gasteiger charge is -2.24. The van der Waals surface area contributed by atoms with Crippen molar-refractivity contribution in [2.45, 2.75) is 62.5 Å². The number of aliphatic carboxylic acids is 1. The van der Waals surface area contributed by atoms with E-state index in [-0.39, 0.29) is 11.2 Å². The van der Waals surface area contributed by atoms with Crippen LogP contribution in [0.4, 0.5) is 0 Å². The number of thioether (sulfide) groups is 1. The standard InChI is InChI=1S/C12H21NO3S/c1-8(17-9(2)12(15)16)11(14)13-10-6-4-3-5-7-10/h8-10H,3-7H2,1-2H3,(H,13,14)(H,15,16). The van der Waals surface area contributed by atoms with Crippen molar-refractivity contribution < 1.29 is 14.7 Å². The van der Waals surface area contributed by atoms with E-state index in [1.807, 2.05) is 0 Å². The van der Waals surface area contributed by atoms with Gasteiger partial charge in [-0.05, 0) is 26.7 Å². The monoisotopic (exact) mass is 259 g/mol. The highest BCUT2D eigenvalue weighted by atomic mass is 32.2. The molecule has 2 unspecified atom stereocenters. The molecule has 1 saturated carbocycles. The Morgan fingerprint density at radius 2 is 1.76 bits per heavy atom. The molecule has 1 aliphatic rings. The molecule has 1 aliphatic carbocycles. The van der Waals surface area contributed by atoms with Crippen molar-refractivity contribution in [3.8, 4) is 0 Å². The molecule has 0 spiro atoms. The summed E-state index contributed by atoms with van der Waals surface area (Å²) in [6, 6.07) is 0.291. The number of nitrogens with one attached hydrogen (secondary N) is 1. The van der Waals surface area contributed by atoms with Gasteiger partial charge in [0, 0.05) is 6.04 Å². The minimum Gasteiger partial charge on any atom is -0.480 e. The molecule has 0 aromatic heterocycles. The minimum absolute atomic E-state index is 0.0324. The van der Waals surface area contributed by atoms with Crippen LogP contribution in [0.2, 0.25) is 0 Å². The number of carboxylic acids is 1. The smallest absolute Gasteiger partial charge is 0.316 e. The normalized spacial score (nSPS) is 20.6. The molecule has 0 heterocycles. The number of carbonyl (C=O) groups excluding carboxylic acids is 1. The maximum atomic E-state index is 11.8. The van der Waals surface area contributed by atoms with Gasteiger partial charge in [-0.25, -0.2) is 0 Å². The Hall–Kier alpha value is -0.710. The van der Waals surface area contributed by atoms with Crippen LogP contribution in [-0.2, 0) is 9.59 Å². The summed E-state index contributed by atoms with van der Waals surface area (Å²) in [5.74, 6) is -0.901. The Bertz CT molecular complexity index is 277. The molecule has 1 fully saturated rings. The summed E-state index contributed by atoms with van der Waals surface area (Å²) in [4.78, 5) is 22.5. The molecular formula is C12H21NO3S. The molecule has 0 saturated heterocycles. The summed E-state index contributed by atoms with van der Waals surface area (Å²) in [5, 5.41) is 10.9. The van der Waals surface area contributed by atoms with Gasteiger partial charge in [0.1, 0.15) is 5.25 Å². The van der Waals surface area contributed by atoms with Gasteiger partial charge >= 0.3 is 5.97 Å². The van der Waals surface area contributed by atoms with Crippen LogP contribution in [0.5, 0.6) is 0 Å². The molecule has 2 atom stereocenters. The topological polar surface area (TPSA) is 66.4 Å². The Balaban J connectivity index is 2.33. The Morgan fingerprint density at radius 3 is 2.29 bits per heavy atom. The summed E-state index contributed by atoms with van der Waals surface area (Å²) in [7, 11) is 0. The van der Waals surface area contributed by atoms with Gasteiger partial charge in [0.15, 0.2) is 0 Å². The summed E-state index contributed by atoms with van der Waals surface area (Å²) >= 11 is 1.19. The number of carbonyl (C=O) groups is 2. The molecular weight excluding hydrogens is 238 g/mol. The summed E-state index contributed by atoms with van der Waals surface area (Å²) in [6.45, 7) is 3.37. The number of amides is 1. The first-order chi connectivity index (χ1) is 8.00. The van der Waals surface area contributed by atoms with Crippen molar-refractivity contribution in [3.05, 3.63) is 0 Å². The first-order valence-corrected chi connectivity index (χ1v) is 7.13. The number of hydrogen-bond acceptors (Lipinski definition) is 3. The van der Waals surface area contributed by atoms with Crippen LogP contribution in [0.25, 0.3) is 0 Å². The summed E-state index contributed by atoms with van der Waals surface area (Å²) < 4.78 is 0. The third kappa shape index (κ3) is 4.98. The van der Waals surface area contributed by atoms with Gasteiger partial charge < -0.3 is 10.4 Å². The quantitative estimate of drug-likeness (QED) is 0.793. The largest absolute Gasteiger partial charge is 0.480 e. The molecule has 0 aromatic carbocycles. The van der Waals surface area contributed by atoms with E-state index >= 15 is 0 Å². The van der Waals surface area contributed by atoms with Crippen LogP contribution < -0.4 is 5.32 Å². The van der Waals surface area contributed by atoms with E-state index in [0.29, 0.717) is 6.04 Å². The van der Waals surface area contributed by atoms with Crippen molar-refractivity contribution in [1.82, 2.24) is 5.32 Å². The lowest BCUT2D eigenvalue weighted by molar-refractivity contribution is -0.136. The van der Waals surface area contributed by atoms with Crippen LogP contribution >= 0.6 is 11.8 Å². The second-order valence-corrected chi connectivity index (χ2v) is 6.29. The van der Waals surface area contributed by atoms with Gasteiger partial charge in [-0.2, -0.15) is 0 Å². The molecule has 2 N–H and O–H groups in total. The molecule has 0 radical (unpaired) electrons. The van der Waals surface area contributed by atoms with Crippen molar-refractivity contribution in [1.29, 1.82) is 0 Å². The zero-order valence-electron chi connectivity index (χ0n) is 10.4. The van der Waals surface area contributed by atoms with Crippen LogP contribution in [0.3, 0.4) is 0 Å². The predicted octanol–water partition coefficient (Wildman–Crippen LogP) is 2.03. The van der Waals surface area contributed by atoms with Crippen LogP contribution in [0, 0.1) is 0 Å². The fourth-order valence-corrected chi connectivity index (χ4v) is 2.91. The highest BCUT2D eigenvalue weighted by Crippen LogP contribution is 2.20. The average Bonchev–Trinajstić information content (AvgIpc) is 2.29. The highest BCUT2D eigenvalue weighted by Gasteiger charge is 2.23. The van der Waals surface area contributed by atoms with Crippen LogP contribution in [0.15, 0.2) is 0 Å². The zero-order chi connectivity index (χ0) is 12.8. The van der Waals surface area contributed by atoms with Crippen molar-refractivity contribution >= 4 is 23.6 Å². The maximum Gasteiger partial charge on any atom is 0.316 e. The lowest BCUT2D eigenvalue weighted by atomic mass is 9.95. The van der Waals surface area contributed by atoms with Crippen LogP contribution in [-0.4, -0.2) is 33.5 Å². The fraction of sp³-hybridized carbons (Fsp3) is 0.833. The predicted molar refractivity (Wildman–Crippen MR) is 69.2 cm³/mol. The average molecular weight is 259 g/mol. The second kappa shape index (κ2) is 6.89. The molecule has 0 aromatic rings. The third-order valence-corrected chi connectivity index (χ3v) is 4.31. The van der Waals surface area contributed by atoms with Crippen molar-refractivity contribution in [2.24, 2.45) is 0 Å². The van der Waals surface area contributed by atoms with E-state index in [1.165, 1.54) is 31.0 Å². The number of hydrogen-bond donors (Lipinski definition) is 2. The first kappa shape index (κ1) is 14.4. The van der Waals surface area contributed by atoms with Gasteiger partial charge in [-0.15, -0.1) is 11.8 Å². The van der Waals surface area contributed by atoms with E-state index in [1.54, 1.807) is 13.8 Å². The molecule has 17 heavy (non-hydrogen) atoms. The van der Waals surface area contributed by atoms with Crippen molar-refractivity contribution in [3.63, 3.8) is 0 Å². The zero-order valence-corrected chi connectivity index (χ0v) is 11.3. The van der Waals surface area contributed by atoms with Gasteiger partial charge in [0.2, 0.25) is 5.91 Å². The Kier molecular flexibility index (Phi) is 5.82. The van der Waals surface area contributed by atoms with Gasteiger partial charge in [0.05, 0.1) is 5.25 Å². The molecule has 0 bridgehead atoms. The molecule has 4 nitrogen and oxygen atoms in total. The lowest BCUT2D eigenvalue weighted by Crippen LogP contribution is -2.41. The third-order valence-electron chi connectivity index (χ3n) is 3.08. The molecule has 0 aliphatic heterocycles. The van der Waals surface area contributed by atoms with E-state index in [4.69, 9.17) is 5.11 Å². The minimum atomic E-state index is -0.868. The van der Waals surface area contributed by atoms with E-state index in [2.05, 4.69) is 5.32 Å². The number of carboxylic acid groups (broad SMARTS) is 1.